The fourth-order valence-corrected chi connectivity index (χ4v) is 1.45. The summed E-state index contributed by atoms with van der Waals surface area (Å²) in [5, 5.41) is 13.0. The van der Waals surface area contributed by atoms with Crippen LogP contribution >= 0.6 is 0 Å². The molecule has 2 aromatic rings. The van der Waals surface area contributed by atoms with Crippen molar-refractivity contribution in [3.05, 3.63) is 48.7 Å². The zero-order valence-corrected chi connectivity index (χ0v) is 8.18. The fraction of sp³-hybridized carbons (Fsp3) is 0.0833. The van der Waals surface area contributed by atoms with Crippen molar-refractivity contribution in [2.45, 2.75) is 6.42 Å². The van der Waals surface area contributed by atoms with Crippen molar-refractivity contribution in [3.8, 4) is 0 Å². The topological polar surface area (TPSA) is 45.7 Å². The van der Waals surface area contributed by atoms with Gasteiger partial charge in [0.1, 0.15) is 11.3 Å². The summed E-state index contributed by atoms with van der Waals surface area (Å²) in [7, 11) is 0. The molecule has 0 aliphatic heterocycles. The number of oxime groups is 1. The van der Waals surface area contributed by atoms with E-state index in [9.17, 15) is 0 Å². The van der Waals surface area contributed by atoms with E-state index >= 15 is 0 Å². The van der Waals surface area contributed by atoms with Crippen molar-refractivity contribution >= 4 is 16.7 Å². The largest absolute Gasteiger partial charge is 0.455 e. The number of nitrogens with zero attached hydrogens (tertiary/aromatic N) is 1. The molecule has 0 unspecified atom stereocenters. The van der Waals surface area contributed by atoms with Crippen molar-refractivity contribution < 1.29 is 9.62 Å². The Kier molecular flexibility index (Phi) is 2.54. The second kappa shape index (κ2) is 4.00. The van der Waals surface area contributed by atoms with Gasteiger partial charge >= 0.3 is 0 Å². The molecule has 3 heteroatoms. The predicted molar refractivity (Wildman–Crippen MR) is 59.4 cm³/mol. The Hall–Kier alpha value is -2.03. The van der Waals surface area contributed by atoms with E-state index in [2.05, 4.69) is 11.7 Å². The van der Waals surface area contributed by atoms with E-state index < -0.39 is 0 Å². The first-order valence-corrected chi connectivity index (χ1v) is 4.66. The van der Waals surface area contributed by atoms with Crippen molar-refractivity contribution in [2.24, 2.45) is 5.16 Å². The van der Waals surface area contributed by atoms with Crippen LogP contribution in [-0.4, -0.2) is 10.9 Å². The first kappa shape index (κ1) is 9.52. The molecule has 0 aliphatic rings. The molecule has 0 spiro atoms. The highest BCUT2D eigenvalue weighted by atomic mass is 16.4. The van der Waals surface area contributed by atoms with Crippen LogP contribution in [0.1, 0.15) is 12.2 Å². The molecule has 0 radical (unpaired) electrons. The Balaban J connectivity index is 2.48. The Morgan fingerprint density at radius 1 is 1.47 bits per heavy atom. The minimum Gasteiger partial charge on any atom is -0.455 e. The summed E-state index contributed by atoms with van der Waals surface area (Å²) in [6, 6.07) is 9.52. The van der Waals surface area contributed by atoms with Gasteiger partial charge < -0.3 is 9.62 Å². The Labute approximate surface area is 87.3 Å². The number of rotatable bonds is 3. The molecule has 0 saturated carbocycles. The van der Waals surface area contributed by atoms with E-state index in [1.165, 1.54) is 0 Å². The Morgan fingerprint density at radius 3 is 2.93 bits per heavy atom. The third-order valence-electron chi connectivity index (χ3n) is 2.17. The summed E-state index contributed by atoms with van der Waals surface area (Å²) >= 11 is 0. The van der Waals surface area contributed by atoms with Gasteiger partial charge in [-0.15, -0.1) is 6.58 Å². The molecule has 0 saturated heterocycles. The zero-order valence-electron chi connectivity index (χ0n) is 8.18. The summed E-state index contributed by atoms with van der Waals surface area (Å²) in [4.78, 5) is 0. The Morgan fingerprint density at radius 2 is 2.27 bits per heavy atom. The molecule has 0 fully saturated rings. The molecule has 15 heavy (non-hydrogen) atoms. The van der Waals surface area contributed by atoms with E-state index in [0.717, 1.165) is 11.0 Å². The van der Waals surface area contributed by atoms with Crippen molar-refractivity contribution in [1.29, 1.82) is 0 Å². The summed E-state index contributed by atoms with van der Waals surface area (Å²) in [5.74, 6) is 0.582. The summed E-state index contributed by atoms with van der Waals surface area (Å²) < 4.78 is 5.54. The van der Waals surface area contributed by atoms with Crippen molar-refractivity contribution in [2.75, 3.05) is 0 Å². The van der Waals surface area contributed by atoms with Crippen molar-refractivity contribution in [3.63, 3.8) is 0 Å². The molecule has 0 aliphatic carbocycles. The number of benzene rings is 1. The van der Waals surface area contributed by atoms with Gasteiger partial charge in [-0.25, -0.2) is 0 Å². The van der Waals surface area contributed by atoms with Crippen LogP contribution in [-0.2, 0) is 0 Å². The molecular formula is C12H11NO2. The molecule has 3 nitrogen and oxygen atoms in total. The minimum absolute atomic E-state index is 0.482. The van der Waals surface area contributed by atoms with Gasteiger partial charge in [0, 0.05) is 11.8 Å². The molecule has 76 valence electrons. The average Bonchev–Trinajstić information content (AvgIpc) is 2.69. The van der Waals surface area contributed by atoms with Crippen LogP contribution in [0.2, 0.25) is 0 Å². The molecule has 1 aromatic carbocycles. The van der Waals surface area contributed by atoms with Crippen LogP contribution in [0.3, 0.4) is 0 Å². The van der Waals surface area contributed by atoms with Gasteiger partial charge in [0.05, 0.1) is 0 Å². The SMILES string of the molecule is C=CCC(=NO)c1cc2ccccc2o1. The maximum atomic E-state index is 8.82. The fourth-order valence-electron chi connectivity index (χ4n) is 1.45. The molecule has 1 aromatic heterocycles. The highest BCUT2D eigenvalue weighted by molar-refractivity contribution is 6.01. The second-order valence-corrected chi connectivity index (χ2v) is 3.19. The standard InChI is InChI=1S/C12H11NO2/c1-2-5-10(13-14)12-8-9-6-3-4-7-11(9)15-12/h2-4,6-8,14H,1,5H2. The van der Waals surface area contributed by atoms with E-state index in [1.54, 1.807) is 6.08 Å². The van der Waals surface area contributed by atoms with Crippen LogP contribution in [0.25, 0.3) is 11.0 Å². The predicted octanol–water partition coefficient (Wildman–Crippen LogP) is 3.19. The number of furan rings is 1. The van der Waals surface area contributed by atoms with Gasteiger partial charge in [0.15, 0.2) is 5.76 Å². The first-order chi connectivity index (χ1) is 7.35. The van der Waals surface area contributed by atoms with Crippen molar-refractivity contribution in [1.82, 2.24) is 0 Å². The summed E-state index contributed by atoms with van der Waals surface area (Å²) in [5.41, 5.74) is 1.28. The van der Waals surface area contributed by atoms with Gasteiger partial charge in [-0.1, -0.05) is 29.4 Å². The molecular weight excluding hydrogens is 190 g/mol. The number of allylic oxidation sites excluding steroid dienone is 1. The van der Waals surface area contributed by atoms with Crippen LogP contribution in [0.4, 0.5) is 0 Å². The molecule has 1 heterocycles. The number of hydrogen-bond acceptors (Lipinski definition) is 3. The average molecular weight is 201 g/mol. The Bertz CT molecular complexity index is 478. The molecule has 0 bridgehead atoms. The van der Waals surface area contributed by atoms with Gasteiger partial charge in [-0.3, -0.25) is 0 Å². The van der Waals surface area contributed by atoms with E-state index in [1.807, 2.05) is 30.3 Å². The van der Waals surface area contributed by atoms with Gasteiger partial charge in [-0.05, 0) is 12.1 Å². The monoisotopic (exact) mass is 201 g/mol. The molecule has 2 rings (SSSR count). The first-order valence-electron chi connectivity index (χ1n) is 4.66. The maximum Gasteiger partial charge on any atom is 0.153 e. The van der Waals surface area contributed by atoms with Crippen LogP contribution in [0, 0.1) is 0 Å². The minimum atomic E-state index is 0.482. The normalized spacial score (nSPS) is 11.9. The smallest absolute Gasteiger partial charge is 0.153 e. The number of hydrogen-bond donors (Lipinski definition) is 1. The molecule has 1 N–H and O–H groups in total. The lowest BCUT2D eigenvalue weighted by Crippen LogP contribution is -1.96. The third kappa shape index (κ3) is 1.76. The lowest BCUT2D eigenvalue weighted by molar-refractivity contribution is 0.317. The van der Waals surface area contributed by atoms with Gasteiger partial charge in [0.2, 0.25) is 0 Å². The van der Waals surface area contributed by atoms with Crippen LogP contribution < -0.4 is 0 Å². The highest BCUT2D eigenvalue weighted by Gasteiger charge is 2.08. The maximum absolute atomic E-state index is 8.82. The van der Waals surface area contributed by atoms with Crippen LogP contribution in [0.5, 0.6) is 0 Å². The van der Waals surface area contributed by atoms with E-state index in [-0.39, 0.29) is 0 Å². The summed E-state index contributed by atoms with van der Waals surface area (Å²) in [6.45, 7) is 3.59. The van der Waals surface area contributed by atoms with Gasteiger partial charge in [-0.2, -0.15) is 0 Å². The summed E-state index contributed by atoms with van der Waals surface area (Å²) in [6.07, 6.45) is 2.15. The second-order valence-electron chi connectivity index (χ2n) is 3.19. The highest BCUT2D eigenvalue weighted by Crippen LogP contribution is 2.20. The quantitative estimate of drug-likeness (QED) is 0.359. The zero-order chi connectivity index (χ0) is 10.7. The van der Waals surface area contributed by atoms with E-state index in [4.69, 9.17) is 9.62 Å². The third-order valence-corrected chi connectivity index (χ3v) is 2.17. The van der Waals surface area contributed by atoms with Crippen LogP contribution in [0.15, 0.2) is 52.6 Å². The van der Waals surface area contributed by atoms with Gasteiger partial charge in [0.25, 0.3) is 0 Å². The van der Waals surface area contributed by atoms with E-state index in [0.29, 0.717) is 17.9 Å². The molecule has 0 amide bonds. The number of para-hydroxylation sites is 1. The molecule has 0 atom stereocenters. The number of fused-ring (bicyclic) bond motifs is 1. The lowest BCUT2D eigenvalue weighted by atomic mass is 10.2. The lowest BCUT2D eigenvalue weighted by Gasteiger charge is -1.94.